The fourth-order valence-electron chi connectivity index (χ4n) is 10.0. The fourth-order valence-corrected chi connectivity index (χ4v) is 10.0. The lowest BCUT2D eigenvalue weighted by Crippen LogP contribution is -2.62. The largest absolute Gasteiger partial charge is 0.504 e. The van der Waals surface area contributed by atoms with E-state index in [4.69, 9.17) is 14.2 Å². The van der Waals surface area contributed by atoms with Crippen LogP contribution in [0.5, 0.6) is 5.75 Å². The van der Waals surface area contributed by atoms with Gasteiger partial charge in [-0.05, 0) is 122 Å². The second-order valence-electron chi connectivity index (χ2n) is 16.0. The molecule has 0 unspecified atom stereocenters. The van der Waals surface area contributed by atoms with E-state index in [9.17, 15) is 19.5 Å². The van der Waals surface area contributed by atoms with E-state index in [-0.39, 0.29) is 52.4 Å². The zero-order valence-corrected chi connectivity index (χ0v) is 29.5. The van der Waals surface area contributed by atoms with E-state index >= 15 is 0 Å². The number of hydrogen-bond acceptors (Lipinski definition) is 7. The van der Waals surface area contributed by atoms with Crippen LogP contribution in [0, 0.1) is 33.0 Å². The summed E-state index contributed by atoms with van der Waals surface area (Å²) in [6.07, 6.45) is 15.6. The Labute approximate surface area is 284 Å². The van der Waals surface area contributed by atoms with Gasteiger partial charge in [-0.3, -0.25) is 9.59 Å². The van der Waals surface area contributed by atoms with Crippen molar-refractivity contribution in [3.63, 3.8) is 0 Å². The summed E-state index contributed by atoms with van der Waals surface area (Å²) in [4.78, 5) is 38.8. The van der Waals surface area contributed by atoms with Crippen molar-refractivity contribution in [2.24, 2.45) is 33.0 Å². The van der Waals surface area contributed by atoms with Gasteiger partial charge in [0.1, 0.15) is 19.0 Å². The molecular formula is C41H50O7. The van der Waals surface area contributed by atoms with Crippen molar-refractivity contribution >= 4 is 23.8 Å². The van der Waals surface area contributed by atoms with Crippen LogP contribution in [0.4, 0.5) is 0 Å². The Kier molecular flexibility index (Phi) is 8.45. The van der Waals surface area contributed by atoms with Crippen molar-refractivity contribution in [3.8, 4) is 5.75 Å². The minimum Gasteiger partial charge on any atom is -0.504 e. The van der Waals surface area contributed by atoms with Crippen molar-refractivity contribution in [2.75, 3.05) is 20.3 Å². The number of allylic oxidation sites excluding steroid dienone is 7. The third-order valence-corrected chi connectivity index (χ3v) is 13.5. The van der Waals surface area contributed by atoms with Gasteiger partial charge in [-0.2, -0.15) is 0 Å². The Bertz CT molecular complexity index is 1690. The van der Waals surface area contributed by atoms with Crippen molar-refractivity contribution in [1.82, 2.24) is 0 Å². The predicted molar refractivity (Wildman–Crippen MR) is 185 cm³/mol. The molecule has 6 atom stereocenters. The molecule has 0 amide bonds. The first-order valence-electron chi connectivity index (χ1n) is 17.4. The quantitative estimate of drug-likeness (QED) is 0.179. The predicted octanol–water partition coefficient (Wildman–Crippen LogP) is 8.42. The van der Waals surface area contributed by atoms with E-state index < -0.39 is 11.4 Å². The molecule has 5 aliphatic rings. The second kappa shape index (κ2) is 11.9. The molecule has 0 aliphatic heterocycles. The molecule has 6 rings (SSSR count). The zero-order valence-electron chi connectivity index (χ0n) is 29.5. The highest BCUT2D eigenvalue weighted by molar-refractivity contribution is 6.06. The fraction of sp³-hybridized carbons (Fsp3) is 0.537. The molecule has 0 aromatic heterocycles. The third-order valence-electron chi connectivity index (χ3n) is 13.5. The lowest BCUT2D eigenvalue weighted by molar-refractivity contribution is -0.183. The number of ether oxygens (including phenoxy) is 3. The molecule has 1 aromatic carbocycles. The van der Waals surface area contributed by atoms with Crippen LogP contribution in [0.15, 0.2) is 76.6 Å². The summed E-state index contributed by atoms with van der Waals surface area (Å²) in [5, 5.41) is 10.4. The third kappa shape index (κ3) is 5.28. The number of rotatable bonds is 7. The van der Waals surface area contributed by atoms with Gasteiger partial charge in [0.25, 0.3) is 0 Å². The Morgan fingerprint density at radius 1 is 0.917 bits per heavy atom. The molecule has 1 N–H and O–H groups in total. The first kappa shape index (κ1) is 34.0. The molecule has 1 aromatic rings. The molecule has 0 saturated heterocycles. The maximum Gasteiger partial charge on any atom is 0.330 e. The maximum atomic E-state index is 13.7. The number of esters is 2. The summed E-state index contributed by atoms with van der Waals surface area (Å²) in [6, 6.07) is 7.34. The normalized spacial score (nSPS) is 35.7. The Morgan fingerprint density at radius 3 is 2.31 bits per heavy atom. The van der Waals surface area contributed by atoms with Crippen LogP contribution in [0.25, 0.3) is 6.08 Å². The molecule has 256 valence electrons. The second-order valence-corrected chi connectivity index (χ2v) is 16.0. The Morgan fingerprint density at radius 2 is 1.60 bits per heavy atom. The summed E-state index contributed by atoms with van der Waals surface area (Å²) in [7, 11) is 1.60. The number of hydrogen-bond donors (Lipinski definition) is 1. The van der Waals surface area contributed by atoms with E-state index in [1.165, 1.54) is 11.6 Å². The monoisotopic (exact) mass is 654 g/mol. The first-order valence-corrected chi connectivity index (χ1v) is 17.4. The number of methoxy groups -OCH3 is 1. The highest BCUT2D eigenvalue weighted by atomic mass is 16.6. The van der Waals surface area contributed by atoms with Gasteiger partial charge in [-0.25, -0.2) is 4.79 Å². The average Bonchev–Trinajstić information content (AvgIpc) is 3.07. The van der Waals surface area contributed by atoms with Crippen LogP contribution in [0.1, 0.15) is 92.1 Å². The summed E-state index contributed by atoms with van der Waals surface area (Å²) >= 11 is 0. The van der Waals surface area contributed by atoms with Crippen LogP contribution >= 0.6 is 0 Å². The number of aliphatic hydroxyl groups is 1. The van der Waals surface area contributed by atoms with Crippen LogP contribution in [0.3, 0.4) is 0 Å². The lowest BCUT2D eigenvalue weighted by Gasteiger charge is -2.70. The number of carbonyl (C=O) groups is 3. The van der Waals surface area contributed by atoms with Crippen molar-refractivity contribution in [2.45, 2.75) is 86.5 Å². The number of carbonyl (C=O) groups excluding carboxylic acids is 3. The van der Waals surface area contributed by atoms with Crippen molar-refractivity contribution < 1.29 is 33.7 Å². The van der Waals surface area contributed by atoms with Gasteiger partial charge in [-0.15, -0.1) is 0 Å². The van der Waals surface area contributed by atoms with Gasteiger partial charge in [0, 0.05) is 17.1 Å². The average molecular weight is 655 g/mol. The zero-order chi connectivity index (χ0) is 34.7. The minimum atomic E-state index is -0.629. The molecule has 3 fully saturated rings. The number of aliphatic hydroxyl groups excluding tert-OH is 1. The van der Waals surface area contributed by atoms with Crippen molar-refractivity contribution in [3.05, 3.63) is 82.2 Å². The minimum absolute atomic E-state index is 0.00241. The van der Waals surface area contributed by atoms with Gasteiger partial charge in [0.2, 0.25) is 5.78 Å². The lowest BCUT2D eigenvalue weighted by atomic mass is 9.34. The first-order chi connectivity index (χ1) is 22.6. The molecule has 5 aliphatic carbocycles. The Hall–Kier alpha value is -3.87. The van der Waals surface area contributed by atoms with Crippen LogP contribution in [0.2, 0.25) is 0 Å². The topological polar surface area (TPSA) is 99.1 Å². The summed E-state index contributed by atoms with van der Waals surface area (Å²) < 4.78 is 16.3. The molecular weight excluding hydrogens is 604 g/mol. The van der Waals surface area contributed by atoms with Crippen LogP contribution in [-0.2, 0) is 23.9 Å². The van der Waals surface area contributed by atoms with E-state index in [1.807, 2.05) is 31.2 Å². The standard InChI is InChI=1S/C41H50O7/c1-26-29-13-14-32-39(4,30(29)24-31(42)35(26)44)19-21-41(6)33-25-38(3,17-16-37(33,2)18-20-40(32,41)5)36(45)48-23-22-47-34(43)15-10-27-8-11-28(46-7)12-9-27/h8-15,24,33,44H,16-23,25H2,1-7H3/b15-10+/t33-,37-,38-,39+,40-,41+/m1/s1. The molecule has 0 radical (unpaired) electrons. The van der Waals surface area contributed by atoms with E-state index in [2.05, 4.69) is 46.8 Å². The van der Waals surface area contributed by atoms with E-state index in [1.54, 1.807) is 19.3 Å². The molecule has 7 heteroatoms. The molecule has 3 saturated carbocycles. The number of benzene rings is 1. The SMILES string of the molecule is COc1ccc(/C=C/C(=O)OCCOC(=O)[C@]2(C)CC[C@]3(C)CC[C@]4(C)C5=CC=C6C(=CC(=O)C(O)=C6C)[C@]5(C)CC[C@@]4(C)[C@@H]3C2)cc1. The summed E-state index contributed by atoms with van der Waals surface area (Å²) in [5.74, 6) is -0.125. The molecule has 48 heavy (non-hydrogen) atoms. The van der Waals surface area contributed by atoms with E-state index in [0.717, 1.165) is 67.4 Å². The van der Waals surface area contributed by atoms with Gasteiger partial charge in [0.05, 0.1) is 12.5 Å². The Balaban J connectivity index is 1.14. The number of ketones is 1. The van der Waals surface area contributed by atoms with Gasteiger partial charge >= 0.3 is 11.9 Å². The molecule has 0 heterocycles. The maximum absolute atomic E-state index is 13.7. The molecule has 0 bridgehead atoms. The number of fused-ring (bicyclic) bond motifs is 7. The smallest absolute Gasteiger partial charge is 0.330 e. The summed E-state index contributed by atoms with van der Waals surface area (Å²) in [6.45, 7) is 13.5. The van der Waals surface area contributed by atoms with Crippen LogP contribution < -0.4 is 4.74 Å². The van der Waals surface area contributed by atoms with Gasteiger partial charge < -0.3 is 19.3 Å². The molecule has 0 spiro atoms. The molecule has 7 nitrogen and oxygen atoms in total. The summed E-state index contributed by atoms with van der Waals surface area (Å²) in [5.41, 5.74) is 3.91. The van der Waals surface area contributed by atoms with Crippen LogP contribution in [-0.4, -0.2) is 43.2 Å². The van der Waals surface area contributed by atoms with Gasteiger partial charge in [0.15, 0.2) is 5.76 Å². The van der Waals surface area contributed by atoms with E-state index in [0.29, 0.717) is 11.5 Å². The van der Waals surface area contributed by atoms with Gasteiger partial charge in [-0.1, -0.05) is 57.6 Å². The highest BCUT2D eigenvalue weighted by Crippen LogP contribution is 2.75. The van der Waals surface area contributed by atoms with Crippen molar-refractivity contribution in [1.29, 1.82) is 0 Å². The highest BCUT2D eigenvalue weighted by Gasteiger charge is 2.67.